The van der Waals surface area contributed by atoms with Crippen LogP contribution in [0, 0.1) is 0 Å². The molecule has 0 spiro atoms. The third kappa shape index (κ3) is 4.82. The topological polar surface area (TPSA) is 16.4 Å². The van der Waals surface area contributed by atoms with Crippen molar-refractivity contribution in [2.45, 2.75) is 24.7 Å². The van der Waals surface area contributed by atoms with Gasteiger partial charge in [0.05, 0.1) is 11.4 Å². The summed E-state index contributed by atoms with van der Waals surface area (Å²) in [4.78, 5) is 2.44. The van der Waals surface area contributed by atoms with Crippen molar-refractivity contribution in [1.29, 1.82) is 0 Å². The summed E-state index contributed by atoms with van der Waals surface area (Å²) in [6, 6.07) is 77.8. The quantitative estimate of drug-likeness (QED) is 0.168. The Balaban J connectivity index is 1.11. The number of rotatable bonds is 6. The van der Waals surface area contributed by atoms with E-state index in [2.05, 4.69) is 231 Å². The number of furan rings is 1. The van der Waals surface area contributed by atoms with Crippen LogP contribution in [-0.4, -0.2) is 0 Å². The highest BCUT2D eigenvalue weighted by Gasteiger charge is 2.42. The number of fused-ring (bicyclic) bond motifs is 9. The lowest BCUT2D eigenvalue weighted by Crippen LogP contribution is -2.23. The molecule has 0 amide bonds. The van der Waals surface area contributed by atoms with E-state index in [9.17, 15) is 0 Å². The number of hydrogen-bond donors (Lipinski definition) is 0. The van der Waals surface area contributed by atoms with Crippen molar-refractivity contribution in [2.24, 2.45) is 0 Å². The minimum Gasteiger partial charge on any atom is -0.454 e. The zero-order valence-electron chi connectivity index (χ0n) is 33.6. The van der Waals surface area contributed by atoms with Gasteiger partial charge in [0.15, 0.2) is 5.58 Å². The number of hydrogen-bond acceptors (Lipinski definition) is 2. The molecular formula is C58H41NO. The summed E-state index contributed by atoms with van der Waals surface area (Å²) in [5.41, 5.74) is 19.6. The zero-order valence-corrected chi connectivity index (χ0v) is 33.6. The minimum absolute atomic E-state index is 0.311. The first-order valence-electron chi connectivity index (χ1n) is 20.9. The van der Waals surface area contributed by atoms with E-state index in [1.807, 2.05) is 0 Å². The van der Waals surface area contributed by atoms with Crippen molar-refractivity contribution in [3.05, 3.63) is 246 Å². The van der Waals surface area contributed by atoms with E-state index in [4.69, 9.17) is 4.42 Å². The maximum absolute atomic E-state index is 6.84. The summed E-state index contributed by atoms with van der Waals surface area (Å²) in [7, 11) is 0. The van der Waals surface area contributed by atoms with Crippen molar-refractivity contribution in [2.75, 3.05) is 4.90 Å². The molecule has 9 aromatic carbocycles. The Kier molecular flexibility index (Phi) is 7.52. The molecule has 2 atom stereocenters. The largest absolute Gasteiger partial charge is 0.454 e. The van der Waals surface area contributed by atoms with Gasteiger partial charge >= 0.3 is 0 Å². The van der Waals surface area contributed by atoms with Crippen LogP contribution in [0.3, 0.4) is 0 Å². The average molecular weight is 768 g/mol. The Morgan fingerprint density at radius 3 is 1.55 bits per heavy atom. The van der Waals surface area contributed by atoms with E-state index in [0.717, 1.165) is 44.6 Å². The summed E-state index contributed by atoms with van der Waals surface area (Å²) in [5.74, 6) is 0. The van der Waals surface area contributed by atoms with Crippen molar-refractivity contribution < 1.29 is 4.42 Å². The van der Waals surface area contributed by atoms with E-state index >= 15 is 0 Å². The summed E-state index contributed by atoms with van der Waals surface area (Å²) >= 11 is 0. The lowest BCUT2D eigenvalue weighted by Gasteiger charge is -2.32. The van der Waals surface area contributed by atoms with Crippen LogP contribution in [0.25, 0.3) is 55.3 Å². The number of nitrogens with zero attached hydrogens (tertiary/aromatic N) is 1. The lowest BCUT2D eigenvalue weighted by atomic mass is 9.74. The lowest BCUT2D eigenvalue weighted by molar-refractivity contribution is 0.669. The van der Waals surface area contributed by atoms with Crippen LogP contribution in [-0.2, 0) is 10.8 Å². The van der Waals surface area contributed by atoms with Crippen molar-refractivity contribution in [1.82, 2.24) is 0 Å². The van der Waals surface area contributed by atoms with Crippen LogP contribution in [0.2, 0.25) is 0 Å². The molecule has 0 saturated heterocycles. The molecule has 0 radical (unpaired) electrons. The van der Waals surface area contributed by atoms with Gasteiger partial charge in [-0.05, 0) is 111 Å². The highest BCUT2D eigenvalue weighted by Crippen LogP contribution is 2.56. The molecule has 284 valence electrons. The van der Waals surface area contributed by atoms with Crippen LogP contribution >= 0.6 is 0 Å². The molecule has 10 aromatic rings. The van der Waals surface area contributed by atoms with Crippen molar-refractivity contribution in [3.63, 3.8) is 0 Å². The van der Waals surface area contributed by atoms with Gasteiger partial charge in [-0.2, -0.15) is 0 Å². The fraction of sp³-hybridized carbons (Fsp3) is 0.0690. The van der Waals surface area contributed by atoms with Crippen molar-refractivity contribution in [3.8, 4) is 33.4 Å². The Morgan fingerprint density at radius 2 is 0.867 bits per heavy atom. The summed E-state index contributed by atoms with van der Waals surface area (Å²) in [5, 5.41) is 2.21. The first-order chi connectivity index (χ1) is 29.5. The van der Waals surface area contributed by atoms with Crippen LogP contribution in [0.15, 0.2) is 217 Å². The van der Waals surface area contributed by atoms with Gasteiger partial charge in [0.1, 0.15) is 5.58 Å². The van der Waals surface area contributed by atoms with Crippen LogP contribution < -0.4 is 4.90 Å². The molecule has 0 N–H and O–H groups in total. The predicted molar refractivity (Wildman–Crippen MR) is 249 cm³/mol. The Morgan fingerprint density at radius 1 is 0.367 bits per heavy atom. The normalized spacial score (nSPS) is 17.3. The second-order valence-corrected chi connectivity index (χ2v) is 16.7. The van der Waals surface area contributed by atoms with E-state index in [1.54, 1.807) is 0 Å². The maximum atomic E-state index is 6.84. The van der Waals surface area contributed by atoms with Gasteiger partial charge in [-0.25, -0.2) is 0 Å². The first kappa shape index (κ1) is 34.6. The molecule has 0 saturated carbocycles. The van der Waals surface area contributed by atoms with Crippen LogP contribution in [0.4, 0.5) is 17.1 Å². The Labute approximate surface area is 350 Å². The first-order valence-corrected chi connectivity index (χ1v) is 20.9. The van der Waals surface area contributed by atoms with E-state index in [-0.39, 0.29) is 10.8 Å². The van der Waals surface area contributed by atoms with Crippen LogP contribution in [0.5, 0.6) is 0 Å². The maximum Gasteiger partial charge on any atom is 0.159 e. The van der Waals surface area contributed by atoms with Gasteiger partial charge in [0.25, 0.3) is 0 Å². The molecule has 2 heteroatoms. The van der Waals surface area contributed by atoms with Crippen molar-refractivity contribution >= 4 is 39.0 Å². The average Bonchev–Trinajstić information content (AvgIpc) is 3.92. The Bertz CT molecular complexity index is 3310. The smallest absolute Gasteiger partial charge is 0.159 e. The molecule has 2 nitrogen and oxygen atoms in total. The summed E-state index contributed by atoms with van der Waals surface area (Å²) < 4.78 is 6.84. The molecule has 12 rings (SSSR count). The second kappa shape index (κ2) is 13.0. The molecule has 1 aromatic heterocycles. The summed E-state index contributed by atoms with van der Waals surface area (Å²) in [6.45, 7) is 4.78. The molecule has 0 fully saturated rings. The third-order valence-electron chi connectivity index (χ3n) is 13.7. The molecule has 0 bridgehead atoms. The second-order valence-electron chi connectivity index (χ2n) is 16.7. The fourth-order valence-corrected chi connectivity index (χ4v) is 10.7. The standard InChI is InChI=1S/C58H41NO/c1-57(39-18-5-3-6-19-39)49-27-13-9-23-43(49)45-34-32-38(36-51(45)57)42-22-11-15-29-53(42)59(54-30-17-26-48-47-25-12-16-31-55(47)60-56(48)54)41-33-35-46-44-24-10-14-28-50(44)58(2,52(46)37-41)40-20-7-4-8-21-40/h3-37H,1-2H3. The fourth-order valence-electron chi connectivity index (χ4n) is 10.7. The van der Waals surface area contributed by atoms with Gasteiger partial charge < -0.3 is 9.32 Å². The number of benzene rings is 9. The highest BCUT2D eigenvalue weighted by molar-refractivity contribution is 6.11. The molecule has 1 heterocycles. The van der Waals surface area contributed by atoms with Gasteiger partial charge in [-0.3, -0.25) is 0 Å². The van der Waals surface area contributed by atoms with Gasteiger partial charge in [-0.15, -0.1) is 0 Å². The monoisotopic (exact) mass is 767 g/mol. The molecular weight excluding hydrogens is 727 g/mol. The van der Waals surface area contributed by atoms with Crippen LogP contribution in [0.1, 0.15) is 47.2 Å². The zero-order chi connectivity index (χ0) is 40.0. The molecule has 2 unspecified atom stereocenters. The molecule has 60 heavy (non-hydrogen) atoms. The van der Waals surface area contributed by atoms with E-state index in [0.29, 0.717) is 0 Å². The predicted octanol–water partition coefficient (Wildman–Crippen LogP) is 15.4. The van der Waals surface area contributed by atoms with Gasteiger partial charge in [0, 0.05) is 32.9 Å². The highest BCUT2D eigenvalue weighted by atomic mass is 16.3. The van der Waals surface area contributed by atoms with E-state index in [1.165, 1.54) is 61.2 Å². The number of anilines is 3. The molecule has 0 aliphatic heterocycles. The third-order valence-corrected chi connectivity index (χ3v) is 13.7. The van der Waals surface area contributed by atoms with Gasteiger partial charge in [-0.1, -0.05) is 176 Å². The Hall–Kier alpha value is -7.42. The number of para-hydroxylation sites is 3. The van der Waals surface area contributed by atoms with E-state index < -0.39 is 0 Å². The summed E-state index contributed by atoms with van der Waals surface area (Å²) in [6.07, 6.45) is 0. The SMILES string of the molecule is CC1(c2ccccc2)c2ccccc2-c2ccc(-c3ccccc3N(c3ccc4c(c3)C(C)(c3ccccc3)c3ccccc3-4)c3cccc4c3oc3ccccc34)cc21. The molecule has 2 aliphatic carbocycles. The van der Waals surface area contributed by atoms with Gasteiger partial charge in [0.2, 0.25) is 0 Å². The molecule has 2 aliphatic rings. The minimum atomic E-state index is -0.351.